The summed E-state index contributed by atoms with van der Waals surface area (Å²) in [5, 5.41) is 0.716. The summed E-state index contributed by atoms with van der Waals surface area (Å²) in [5.41, 5.74) is -3.91. The summed E-state index contributed by atoms with van der Waals surface area (Å²) in [4.78, 5) is 0.482. The van der Waals surface area contributed by atoms with Crippen LogP contribution in [0.1, 0.15) is 52.0 Å². The van der Waals surface area contributed by atoms with E-state index < -0.39 is 36.2 Å². The Balaban J connectivity index is 0.000000705. The van der Waals surface area contributed by atoms with Crippen molar-refractivity contribution in [3.63, 3.8) is 0 Å². The Morgan fingerprint density at radius 1 is 0.840 bits per heavy atom. The summed E-state index contributed by atoms with van der Waals surface area (Å²) in [6.07, 6.45) is 0. The molecule has 0 saturated heterocycles. The molecule has 0 bridgehead atoms. The van der Waals surface area contributed by atoms with Gasteiger partial charge in [-0.15, -0.1) is 13.2 Å². The van der Waals surface area contributed by atoms with Gasteiger partial charge in [-0.05, 0) is 17.0 Å². The SMILES string of the molecule is CC(C)(C)c1ccc2cc(C(C)(C)C)[s+](C(F)(F)F)c2c1.[O-][Br+2]([O-])[O-]. The first-order chi connectivity index (χ1) is 11.0. The minimum Gasteiger partial charge on any atom is -0.405 e. The van der Waals surface area contributed by atoms with E-state index in [1.54, 1.807) is 12.1 Å². The Kier molecular flexibility index (Phi) is 6.73. The molecule has 1 unspecified atom stereocenters. The van der Waals surface area contributed by atoms with Gasteiger partial charge in [-0.2, -0.15) is 0 Å². The predicted octanol–water partition coefficient (Wildman–Crippen LogP) is 3.09. The normalized spacial score (nSPS) is 13.9. The number of hydrogen-bond donors (Lipinski definition) is 0. The number of halogens is 4. The van der Waals surface area contributed by atoms with Crippen LogP contribution in [0.15, 0.2) is 24.3 Å². The Morgan fingerprint density at radius 2 is 1.32 bits per heavy atom. The molecule has 0 radical (unpaired) electrons. The van der Waals surface area contributed by atoms with E-state index >= 15 is 0 Å². The van der Waals surface area contributed by atoms with Gasteiger partial charge in [0, 0.05) is 22.9 Å². The van der Waals surface area contributed by atoms with Crippen molar-refractivity contribution in [2.45, 2.75) is 57.9 Å². The molecule has 0 aliphatic carbocycles. The van der Waals surface area contributed by atoms with Gasteiger partial charge in [-0.25, -0.2) is 0 Å². The van der Waals surface area contributed by atoms with E-state index in [1.165, 1.54) is 0 Å². The largest absolute Gasteiger partial charge is 0.600 e. The minimum atomic E-state index is -4.22. The smallest absolute Gasteiger partial charge is 0.405 e. The van der Waals surface area contributed by atoms with Gasteiger partial charge in [-0.3, -0.25) is 0 Å². The number of fused-ring (bicyclic) bond motifs is 1. The van der Waals surface area contributed by atoms with Crippen molar-refractivity contribution in [2.75, 3.05) is 0 Å². The summed E-state index contributed by atoms with van der Waals surface area (Å²) in [6, 6.07) is 7.26. The second-order valence-corrected chi connectivity index (χ2v) is 10.5. The van der Waals surface area contributed by atoms with Crippen LogP contribution in [-0.2, 0) is 16.3 Å². The summed E-state index contributed by atoms with van der Waals surface area (Å²) >= 11 is -3.65. The number of alkyl halides is 3. The van der Waals surface area contributed by atoms with Gasteiger partial charge in [0.15, 0.2) is 9.58 Å². The van der Waals surface area contributed by atoms with Crippen molar-refractivity contribution >= 4 is 20.6 Å². The zero-order chi connectivity index (χ0) is 19.8. The number of hydrogen-bond acceptors (Lipinski definition) is 3. The Morgan fingerprint density at radius 3 is 1.68 bits per heavy atom. The summed E-state index contributed by atoms with van der Waals surface area (Å²) < 4.78 is 66.9. The summed E-state index contributed by atoms with van der Waals surface area (Å²) in [5.74, 6) is 0. The molecule has 1 aromatic carbocycles. The molecule has 0 amide bonds. The number of thiophene rings is 1. The number of benzene rings is 1. The average Bonchev–Trinajstić information content (AvgIpc) is 2.74. The van der Waals surface area contributed by atoms with E-state index in [0.29, 0.717) is 15.0 Å². The number of rotatable bonds is 0. The van der Waals surface area contributed by atoms with Gasteiger partial charge < -0.3 is 12.6 Å². The van der Waals surface area contributed by atoms with E-state index in [1.807, 2.05) is 53.7 Å². The zero-order valence-corrected chi connectivity index (χ0v) is 17.4. The van der Waals surface area contributed by atoms with E-state index in [4.69, 9.17) is 12.6 Å². The van der Waals surface area contributed by atoms with Crippen molar-refractivity contribution in [3.05, 3.63) is 34.7 Å². The second-order valence-electron chi connectivity index (χ2n) is 7.70. The molecule has 142 valence electrons. The first kappa shape index (κ1) is 22.4. The molecular formula is C17H22BrF3O3S. The topological polar surface area (TPSA) is 69.2 Å². The van der Waals surface area contributed by atoms with Crippen molar-refractivity contribution < 1.29 is 40.6 Å². The highest BCUT2D eigenvalue weighted by Gasteiger charge is 2.50. The van der Waals surface area contributed by atoms with Crippen LogP contribution in [-0.4, -0.2) is 0 Å². The third kappa shape index (κ3) is 5.92. The first-order valence-electron chi connectivity index (χ1n) is 7.46. The third-order valence-corrected chi connectivity index (χ3v) is 6.00. The van der Waals surface area contributed by atoms with Crippen LogP contribution in [0.25, 0.3) is 10.1 Å². The van der Waals surface area contributed by atoms with Crippen LogP contribution in [0.4, 0.5) is 13.2 Å². The fourth-order valence-corrected chi connectivity index (χ4v) is 4.59. The highest BCUT2D eigenvalue weighted by atomic mass is 80.0. The second kappa shape index (κ2) is 7.52. The molecule has 0 aliphatic rings. The molecule has 2 aromatic rings. The molecule has 3 nitrogen and oxygen atoms in total. The molecule has 0 fully saturated rings. The van der Waals surface area contributed by atoms with Gasteiger partial charge in [0.2, 0.25) is 14.8 Å². The lowest BCUT2D eigenvalue weighted by molar-refractivity contribution is -1.73. The van der Waals surface area contributed by atoms with Crippen LogP contribution >= 0.6 is 10.5 Å². The Bertz CT molecular complexity index is 723. The lowest BCUT2D eigenvalue weighted by Gasteiger charge is -2.18. The quantitative estimate of drug-likeness (QED) is 0.588. The molecule has 8 heteroatoms. The lowest BCUT2D eigenvalue weighted by atomic mass is 9.87. The molecule has 0 spiro atoms. The zero-order valence-electron chi connectivity index (χ0n) is 15.0. The maximum Gasteiger partial charge on any atom is 0.600 e. The lowest BCUT2D eigenvalue weighted by Crippen LogP contribution is -2.42. The highest BCUT2D eigenvalue weighted by molar-refractivity contribution is 7.38. The van der Waals surface area contributed by atoms with Crippen LogP contribution in [0.3, 0.4) is 0 Å². The highest BCUT2D eigenvalue weighted by Crippen LogP contribution is 2.54. The van der Waals surface area contributed by atoms with Crippen LogP contribution in [0.5, 0.6) is 0 Å². The van der Waals surface area contributed by atoms with Gasteiger partial charge in [0.05, 0.1) is 10.5 Å². The van der Waals surface area contributed by atoms with E-state index in [2.05, 4.69) is 0 Å². The molecular weight excluding hydrogens is 421 g/mol. The van der Waals surface area contributed by atoms with E-state index in [-0.39, 0.29) is 5.41 Å². The monoisotopic (exact) mass is 442 g/mol. The van der Waals surface area contributed by atoms with Crippen LogP contribution < -0.4 is 12.6 Å². The van der Waals surface area contributed by atoms with Crippen LogP contribution in [0.2, 0.25) is 0 Å². The van der Waals surface area contributed by atoms with Crippen molar-refractivity contribution in [3.8, 4) is 0 Å². The first-order valence-corrected chi connectivity index (χ1v) is 10.6. The predicted molar refractivity (Wildman–Crippen MR) is 85.1 cm³/mol. The van der Waals surface area contributed by atoms with Gasteiger partial charge >= 0.3 is 5.51 Å². The van der Waals surface area contributed by atoms with Crippen molar-refractivity contribution in [2.24, 2.45) is 0 Å². The van der Waals surface area contributed by atoms with Gasteiger partial charge in [-0.1, -0.05) is 47.6 Å². The standard InChI is InChI=1S/C17H22F3S.BrO3/c1-15(2,3)12-8-7-11-9-14(16(4,5)6)21(13(11)10-12)17(18,19)20;2-1(3)4/h7-10H,1-6H3;/q+1;-1. The Labute approximate surface area is 153 Å². The molecule has 1 aromatic heterocycles. The molecule has 2 rings (SSSR count). The molecule has 25 heavy (non-hydrogen) atoms. The maximum absolute atomic E-state index is 13.6. The minimum absolute atomic E-state index is 0.153. The molecule has 0 N–H and O–H groups in total. The maximum atomic E-state index is 13.6. The summed E-state index contributed by atoms with van der Waals surface area (Å²) in [6.45, 7) is 11.6. The van der Waals surface area contributed by atoms with Crippen molar-refractivity contribution in [1.82, 2.24) is 0 Å². The summed E-state index contributed by atoms with van der Waals surface area (Å²) in [7, 11) is -1.81. The van der Waals surface area contributed by atoms with E-state index in [9.17, 15) is 13.2 Å². The van der Waals surface area contributed by atoms with Crippen molar-refractivity contribution in [1.29, 1.82) is 0 Å². The molecule has 1 atom stereocenters. The van der Waals surface area contributed by atoms with Crippen LogP contribution in [0, 0.1) is 14.8 Å². The Hall–Kier alpha value is -0.670. The molecule has 0 saturated carbocycles. The van der Waals surface area contributed by atoms with E-state index in [0.717, 1.165) is 5.56 Å². The third-order valence-electron chi connectivity index (χ3n) is 3.58. The average molecular weight is 443 g/mol. The van der Waals surface area contributed by atoms with Gasteiger partial charge in [0.1, 0.15) is 0 Å². The molecule has 1 heterocycles. The fraction of sp³-hybridized carbons (Fsp3) is 0.529. The molecule has 0 aliphatic heterocycles. The van der Waals surface area contributed by atoms with Gasteiger partial charge in [0.25, 0.3) is 0 Å². The fourth-order valence-electron chi connectivity index (χ4n) is 2.39.